The molecule has 1 unspecified atom stereocenters. The van der Waals surface area contributed by atoms with Crippen molar-refractivity contribution >= 4 is 11.6 Å². The molecule has 1 aliphatic rings. The molecule has 2 N–H and O–H groups in total. The number of hydrogen-bond acceptors (Lipinski definition) is 4. The molecule has 0 radical (unpaired) electrons. The maximum Gasteiger partial charge on any atom is 0.137 e. The minimum Gasteiger partial charge on any atom is -0.383 e. The lowest BCUT2D eigenvalue weighted by Gasteiger charge is -2.31. The van der Waals surface area contributed by atoms with Gasteiger partial charge in [0.25, 0.3) is 0 Å². The SMILES string of the molecule is CCCCN(c1nc(C2CC2)nc(N)c1C)C(C)CC. The lowest BCUT2D eigenvalue weighted by atomic mass is 10.1. The van der Waals surface area contributed by atoms with E-state index in [1.807, 2.05) is 6.92 Å². The topological polar surface area (TPSA) is 55.0 Å². The number of hydrogen-bond donors (Lipinski definition) is 1. The van der Waals surface area contributed by atoms with Crippen molar-refractivity contribution in [2.45, 2.75) is 71.8 Å². The van der Waals surface area contributed by atoms with E-state index < -0.39 is 0 Å². The maximum atomic E-state index is 6.12. The highest BCUT2D eigenvalue weighted by molar-refractivity contribution is 5.57. The second kappa shape index (κ2) is 6.42. The number of aromatic nitrogens is 2. The van der Waals surface area contributed by atoms with Crippen LogP contribution < -0.4 is 10.6 Å². The highest BCUT2D eigenvalue weighted by Crippen LogP contribution is 2.39. The zero-order valence-electron chi connectivity index (χ0n) is 13.3. The third-order valence-electron chi connectivity index (χ3n) is 4.27. The first-order valence-electron chi connectivity index (χ1n) is 7.99. The Bertz CT molecular complexity index is 454. The predicted octanol–water partition coefficient (Wildman–Crippen LogP) is 3.65. The van der Waals surface area contributed by atoms with Gasteiger partial charge in [0, 0.05) is 24.1 Å². The van der Waals surface area contributed by atoms with Gasteiger partial charge < -0.3 is 10.6 Å². The van der Waals surface area contributed by atoms with E-state index in [0.29, 0.717) is 17.8 Å². The second-order valence-electron chi connectivity index (χ2n) is 5.99. The summed E-state index contributed by atoms with van der Waals surface area (Å²) in [6.45, 7) is 9.82. The summed E-state index contributed by atoms with van der Waals surface area (Å²) in [7, 11) is 0. The van der Waals surface area contributed by atoms with Crippen molar-refractivity contribution < 1.29 is 0 Å². The molecule has 1 aromatic rings. The molecule has 0 aliphatic heterocycles. The van der Waals surface area contributed by atoms with Crippen molar-refractivity contribution in [1.82, 2.24) is 9.97 Å². The largest absolute Gasteiger partial charge is 0.383 e. The van der Waals surface area contributed by atoms with E-state index in [-0.39, 0.29) is 0 Å². The Labute approximate surface area is 122 Å². The molecule has 4 nitrogen and oxygen atoms in total. The third kappa shape index (κ3) is 3.22. The summed E-state index contributed by atoms with van der Waals surface area (Å²) in [4.78, 5) is 11.8. The molecular weight excluding hydrogens is 248 g/mol. The highest BCUT2D eigenvalue weighted by Gasteiger charge is 2.29. The van der Waals surface area contributed by atoms with Gasteiger partial charge in [-0.15, -0.1) is 0 Å². The molecule has 1 fully saturated rings. The Kier molecular flexibility index (Phi) is 4.84. The summed E-state index contributed by atoms with van der Waals surface area (Å²) >= 11 is 0. The molecule has 0 saturated heterocycles. The van der Waals surface area contributed by atoms with Crippen LogP contribution in [0.4, 0.5) is 11.6 Å². The summed E-state index contributed by atoms with van der Waals surface area (Å²) in [5.74, 6) is 3.21. The van der Waals surface area contributed by atoms with Crippen LogP contribution in [0.1, 0.15) is 70.2 Å². The Morgan fingerprint density at radius 2 is 2.00 bits per heavy atom. The van der Waals surface area contributed by atoms with Crippen LogP contribution >= 0.6 is 0 Å². The van der Waals surface area contributed by atoms with Crippen LogP contribution in [-0.4, -0.2) is 22.6 Å². The van der Waals surface area contributed by atoms with Gasteiger partial charge in [0.1, 0.15) is 17.5 Å². The number of nitrogen functional groups attached to an aromatic ring is 1. The Morgan fingerprint density at radius 1 is 1.30 bits per heavy atom. The fourth-order valence-corrected chi connectivity index (χ4v) is 2.43. The molecule has 1 aliphatic carbocycles. The summed E-state index contributed by atoms with van der Waals surface area (Å²) < 4.78 is 0. The number of nitrogens with zero attached hydrogens (tertiary/aromatic N) is 3. The van der Waals surface area contributed by atoms with E-state index in [0.717, 1.165) is 30.2 Å². The van der Waals surface area contributed by atoms with E-state index in [1.54, 1.807) is 0 Å². The van der Waals surface area contributed by atoms with Gasteiger partial charge in [-0.3, -0.25) is 0 Å². The smallest absolute Gasteiger partial charge is 0.137 e. The average Bonchev–Trinajstić information content (AvgIpc) is 3.27. The predicted molar refractivity (Wildman–Crippen MR) is 85.2 cm³/mol. The molecule has 0 amide bonds. The molecule has 4 heteroatoms. The summed E-state index contributed by atoms with van der Waals surface area (Å²) in [6.07, 6.45) is 5.92. The lowest BCUT2D eigenvalue weighted by molar-refractivity contribution is 0.586. The van der Waals surface area contributed by atoms with Crippen LogP contribution in [0.15, 0.2) is 0 Å². The molecule has 0 spiro atoms. The first-order valence-corrected chi connectivity index (χ1v) is 7.99. The van der Waals surface area contributed by atoms with Crippen LogP contribution in [0, 0.1) is 6.92 Å². The van der Waals surface area contributed by atoms with Crippen molar-refractivity contribution in [3.05, 3.63) is 11.4 Å². The molecular formula is C16H28N4. The van der Waals surface area contributed by atoms with Gasteiger partial charge in [-0.2, -0.15) is 0 Å². The number of unbranched alkanes of at least 4 members (excludes halogenated alkanes) is 1. The number of rotatable bonds is 7. The van der Waals surface area contributed by atoms with Crippen LogP contribution in [0.25, 0.3) is 0 Å². The standard InChI is InChI=1S/C16H28N4/c1-5-7-10-20(11(3)6-2)16-12(4)14(17)18-15(19-16)13-8-9-13/h11,13H,5-10H2,1-4H3,(H2,17,18,19). The van der Waals surface area contributed by atoms with E-state index in [4.69, 9.17) is 10.7 Å². The molecule has 0 aromatic carbocycles. The van der Waals surface area contributed by atoms with E-state index in [9.17, 15) is 0 Å². The molecule has 112 valence electrons. The Balaban J connectivity index is 2.34. The van der Waals surface area contributed by atoms with Crippen LogP contribution in [-0.2, 0) is 0 Å². The van der Waals surface area contributed by atoms with Crippen LogP contribution in [0.2, 0.25) is 0 Å². The summed E-state index contributed by atoms with van der Waals surface area (Å²) in [5, 5.41) is 0. The van der Waals surface area contributed by atoms with Gasteiger partial charge >= 0.3 is 0 Å². The third-order valence-corrected chi connectivity index (χ3v) is 4.27. The lowest BCUT2D eigenvalue weighted by Crippen LogP contribution is -2.35. The van der Waals surface area contributed by atoms with Crippen LogP contribution in [0.3, 0.4) is 0 Å². The quantitative estimate of drug-likeness (QED) is 0.826. The molecule has 1 aromatic heterocycles. The van der Waals surface area contributed by atoms with E-state index in [2.05, 4.69) is 30.7 Å². The Morgan fingerprint density at radius 3 is 2.55 bits per heavy atom. The van der Waals surface area contributed by atoms with Gasteiger partial charge in [0.15, 0.2) is 0 Å². The van der Waals surface area contributed by atoms with Gasteiger partial charge in [0.05, 0.1) is 0 Å². The monoisotopic (exact) mass is 276 g/mol. The van der Waals surface area contributed by atoms with Gasteiger partial charge in [-0.25, -0.2) is 9.97 Å². The van der Waals surface area contributed by atoms with E-state index >= 15 is 0 Å². The van der Waals surface area contributed by atoms with Crippen LogP contribution in [0.5, 0.6) is 0 Å². The minimum absolute atomic E-state index is 0.488. The minimum atomic E-state index is 0.488. The van der Waals surface area contributed by atoms with Crippen molar-refractivity contribution in [3.8, 4) is 0 Å². The van der Waals surface area contributed by atoms with Gasteiger partial charge in [-0.1, -0.05) is 20.3 Å². The summed E-state index contributed by atoms with van der Waals surface area (Å²) in [6, 6.07) is 0.488. The normalized spacial score (nSPS) is 16.2. The van der Waals surface area contributed by atoms with Crippen molar-refractivity contribution in [3.63, 3.8) is 0 Å². The Hall–Kier alpha value is -1.32. The molecule has 2 rings (SSSR count). The van der Waals surface area contributed by atoms with Gasteiger partial charge in [-0.05, 0) is 39.5 Å². The average molecular weight is 276 g/mol. The molecule has 0 bridgehead atoms. The maximum absolute atomic E-state index is 6.12. The van der Waals surface area contributed by atoms with Crippen molar-refractivity contribution in [2.75, 3.05) is 17.2 Å². The molecule has 1 atom stereocenters. The fourth-order valence-electron chi connectivity index (χ4n) is 2.43. The first kappa shape index (κ1) is 15.1. The second-order valence-corrected chi connectivity index (χ2v) is 5.99. The fraction of sp³-hybridized carbons (Fsp3) is 0.750. The molecule has 1 heterocycles. The molecule has 1 saturated carbocycles. The van der Waals surface area contributed by atoms with Crippen molar-refractivity contribution in [2.24, 2.45) is 0 Å². The first-order chi connectivity index (χ1) is 9.58. The number of anilines is 2. The zero-order valence-corrected chi connectivity index (χ0v) is 13.3. The van der Waals surface area contributed by atoms with E-state index in [1.165, 1.54) is 25.7 Å². The zero-order chi connectivity index (χ0) is 14.7. The van der Waals surface area contributed by atoms with Crippen molar-refractivity contribution in [1.29, 1.82) is 0 Å². The number of nitrogens with two attached hydrogens (primary N) is 1. The van der Waals surface area contributed by atoms with Gasteiger partial charge in [0.2, 0.25) is 0 Å². The summed E-state index contributed by atoms with van der Waals surface area (Å²) in [5.41, 5.74) is 7.15. The highest BCUT2D eigenvalue weighted by atomic mass is 15.2. The molecule has 20 heavy (non-hydrogen) atoms.